The highest BCUT2D eigenvalue weighted by Crippen LogP contribution is 2.34. The molecule has 1 fully saturated rings. The summed E-state index contributed by atoms with van der Waals surface area (Å²) in [6.07, 6.45) is 15.6. The maximum Gasteiger partial charge on any atom is 0.145 e. The van der Waals surface area contributed by atoms with Gasteiger partial charge in [0.05, 0.1) is 6.61 Å². The first kappa shape index (κ1) is 32.8. The molecule has 1 aliphatic carbocycles. The van der Waals surface area contributed by atoms with E-state index < -0.39 is 0 Å². The summed E-state index contributed by atoms with van der Waals surface area (Å²) < 4.78 is 5.21. The smallest absolute Gasteiger partial charge is 0.145 e. The highest BCUT2D eigenvalue weighted by atomic mass is 16.5. The van der Waals surface area contributed by atoms with Crippen LogP contribution in [0.2, 0.25) is 0 Å². The number of aryl methyl sites for hydroxylation is 1. The maximum absolute atomic E-state index is 9.53. The maximum atomic E-state index is 9.53. The highest BCUT2D eigenvalue weighted by Gasteiger charge is 2.20. The van der Waals surface area contributed by atoms with E-state index in [0.717, 1.165) is 24.5 Å². The van der Waals surface area contributed by atoms with Gasteiger partial charge in [0.15, 0.2) is 0 Å². The average molecular weight is 557 g/mol. The first-order valence-electron chi connectivity index (χ1n) is 15.8. The fourth-order valence-corrected chi connectivity index (χ4v) is 6.19. The van der Waals surface area contributed by atoms with E-state index >= 15 is 0 Å². The van der Waals surface area contributed by atoms with E-state index in [1.54, 1.807) is 14.0 Å². The van der Waals surface area contributed by atoms with Crippen LogP contribution in [0.3, 0.4) is 0 Å². The first-order chi connectivity index (χ1) is 19.9. The van der Waals surface area contributed by atoms with Crippen molar-refractivity contribution in [3.05, 3.63) is 83.9 Å². The van der Waals surface area contributed by atoms with Crippen LogP contribution in [0.15, 0.2) is 72.8 Å². The minimum atomic E-state index is 0.154. The molecule has 222 valence electrons. The predicted octanol–water partition coefficient (Wildman–Crippen LogP) is 9.38. The third kappa shape index (κ3) is 11.2. The Kier molecular flexibility index (Phi) is 14.3. The van der Waals surface area contributed by atoms with Crippen molar-refractivity contribution in [1.82, 2.24) is 0 Å². The Morgan fingerprint density at radius 2 is 1.49 bits per heavy atom. The molecule has 3 aromatic rings. The van der Waals surface area contributed by atoms with Crippen LogP contribution in [0.1, 0.15) is 82.8 Å². The van der Waals surface area contributed by atoms with Gasteiger partial charge >= 0.3 is 0 Å². The number of aliphatic hydroxyl groups excluding tert-OH is 1. The Balaban J connectivity index is 0.000000850. The second-order valence-corrected chi connectivity index (χ2v) is 12.2. The van der Waals surface area contributed by atoms with Crippen LogP contribution >= 0.6 is 0 Å². The van der Waals surface area contributed by atoms with Gasteiger partial charge in [0, 0.05) is 19.6 Å². The quantitative estimate of drug-likeness (QED) is 0.122. The predicted molar refractivity (Wildman–Crippen MR) is 174 cm³/mol. The molecule has 0 amide bonds. The molecule has 0 heterocycles. The van der Waals surface area contributed by atoms with Crippen molar-refractivity contribution in [1.29, 1.82) is 0 Å². The van der Waals surface area contributed by atoms with Gasteiger partial charge in [-0.3, -0.25) is 4.79 Å². The van der Waals surface area contributed by atoms with Crippen molar-refractivity contribution in [3.8, 4) is 11.1 Å². The van der Waals surface area contributed by atoms with E-state index in [9.17, 15) is 9.90 Å². The van der Waals surface area contributed by atoms with Crippen LogP contribution in [0.5, 0.6) is 0 Å². The first-order valence-corrected chi connectivity index (χ1v) is 15.8. The van der Waals surface area contributed by atoms with Gasteiger partial charge < -0.3 is 9.84 Å². The Hall–Kier alpha value is -2.75. The van der Waals surface area contributed by atoms with Crippen LogP contribution in [0.25, 0.3) is 21.9 Å². The van der Waals surface area contributed by atoms with Crippen LogP contribution in [-0.2, 0) is 22.4 Å². The van der Waals surface area contributed by atoms with E-state index in [4.69, 9.17) is 4.74 Å². The molecule has 3 heteroatoms. The van der Waals surface area contributed by atoms with Gasteiger partial charge in [0.2, 0.25) is 0 Å². The lowest BCUT2D eigenvalue weighted by molar-refractivity contribution is -0.104. The van der Waals surface area contributed by atoms with Crippen molar-refractivity contribution in [2.24, 2.45) is 17.8 Å². The van der Waals surface area contributed by atoms with Crippen molar-refractivity contribution in [2.45, 2.75) is 84.5 Å². The summed E-state index contributed by atoms with van der Waals surface area (Å²) in [6.45, 7) is 8.04. The zero-order valence-corrected chi connectivity index (χ0v) is 25.7. The Morgan fingerprint density at radius 1 is 0.902 bits per heavy atom. The number of aldehydes is 1. The summed E-state index contributed by atoms with van der Waals surface area (Å²) in [7, 11) is 1.69. The molecule has 1 aliphatic rings. The summed E-state index contributed by atoms with van der Waals surface area (Å²) in [6, 6.07) is 22.6. The Bertz CT molecular complexity index is 1190. The number of hydrogen-bond donors (Lipinski definition) is 1. The number of allylic oxidation sites excluding steroid dienone is 1. The summed E-state index contributed by atoms with van der Waals surface area (Å²) >= 11 is 0. The van der Waals surface area contributed by atoms with Crippen LogP contribution in [0, 0.1) is 17.8 Å². The number of hydrogen-bond acceptors (Lipinski definition) is 3. The van der Waals surface area contributed by atoms with E-state index in [1.165, 1.54) is 97.2 Å². The largest absolute Gasteiger partial charge is 0.396 e. The molecule has 1 unspecified atom stereocenters. The van der Waals surface area contributed by atoms with Gasteiger partial charge in [-0.25, -0.2) is 0 Å². The number of carbonyl (C=O) groups is 1. The van der Waals surface area contributed by atoms with Crippen molar-refractivity contribution >= 4 is 17.1 Å². The fourth-order valence-electron chi connectivity index (χ4n) is 6.19. The van der Waals surface area contributed by atoms with Crippen molar-refractivity contribution in [3.63, 3.8) is 0 Å². The second-order valence-electron chi connectivity index (χ2n) is 12.2. The average Bonchev–Trinajstić information content (AvgIpc) is 3.00. The molecular weight excluding hydrogens is 504 g/mol. The molecule has 0 radical (unpaired) electrons. The zero-order chi connectivity index (χ0) is 29.5. The van der Waals surface area contributed by atoms with Gasteiger partial charge in [-0.2, -0.15) is 0 Å². The molecule has 3 nitrogen and oxygen atoms in total. The topological polar surface area (TPSA) is 46.5 Å². The summed E-state index contributed by atoms with van der Waals surface area (Å²) in [5.41, 5.74) is 5.78. The minimum Gasteiger partial charge on any atom is -0.396 e. The number of carbonyl (C=O) groups excluding carboxylic acids is 1. The van der Waals surface area contributed by atoms with Crippen LogP contribution < -0.4 is 0 Å². The van der Waals surface area contributed by atoms with Gasteiger partial charge in [-0.1, -0.05) is 119 Å². The lowest BCUT2D eigenvalue weighted by atomic mass is 9.78. The van der Waals surface area contributed by atoms with E-state index in [0.29, 0.717) is 12.2 Å². The van der Waals surface area contributed by atoms with Crippen LogP contribution in [-0.4, -0.2) is 31.7 Å². The minimum absolute atomic E-state index is 0.154. The normalized spacial score (nSPS) is 17.5. The number of aliphatic hydroxyl groups is 1. The lowest BCUT2D eigenvalue weighted by Crippen LogP contribution is -2.15. The third-order valence-corrected chi connectivity index (χ3v) is 8.57. The third-order valence-electron chi connectivity index (χ3n) is 8.57. The second kappa shape index (κ2) is 17.9. The van der Waals surface area contributed by atoms with Crippen molar-refractivity contribution < 1.29 is 14.6 Å². The molecule has 4 rings (SSSR count). The zero-order valence-electron chi connectivity index (χ0n) is 25.7. The van der Waals surface area contributed by atoms with E-state index in [-0.39, 0.29) is 12.5 Å². The molecule has 0 saturated heterocycles. The molecule has 41 heavy (non-hydrogen) atoms. The fraction of sp³-hybridized carbons (Fsp3) is 0.500. The lowest BCUT2D eigenvalue weighted by Gasteiger charge is -2.28. The summed E-state index contributed by atoms with van der Waals surface area (Å²) in [5, 5.41) is 12.2. The number of rotatable bonds is 14. The SMILES string of the molecule is C=C(C)C=O.CCCC1CCC(CCCCc2ccc3cc(-c4ccc(CC(CO)COC)cc4)ccc3c2)CC1. The molecule has 0 aliphatic heterocycles. The monoisotopic (exact) mass is 556 g/mol. The molecule has 3 aromatic carbocycles. The Morgan fingerprint density at radius 3 is 2.10 bits per heavy atom. The molecule has 1 N–H and O–H groups in total. The standard InChI is InChI=1S/C34H46O2.C4H6O/c1-3-6-26-9-11-27(12-10-26)7-4-5-8-28-15-18-34-23-33(20-19-32(34)22-28)31-16-13-29(14-17-31)21-30(24-35)25-36-2;1-4(2)3-5/h13-20,22-23,26-27,30,35H,3-12,21,24-25H2,1-2H3;3H,1H2,2H3. The molecule has 1 atom stereocenters. The van der Waals surface area contributed by atoms with Gasteiger partial charge in [-0.15, -0.1) is 0 Å². The van der Waals surface area contributed by atoms with Gasteiger partial charge in [0.1, 0.15) is 6.29 Å². The molecule has 0 spiro atoms. The molecular formula is C38H52O3. The molecule has 1 saturated carbocycles. The van der Waals surface area contributed by atoms with Gasteiger partial charge in [-0.05, 0) is 82.7 Å². The number of benzene rings is 3. The number of unbranched alkanes of at least 4 members (excludes halogenated alkanes) is 1. The van der Waals surface area contributed by atoms with Gasteiger partial charge in [0.25, 0.3) is 0 Å². The molecule has 0 aromatic heterocycles. The number of fused-ring (bicyclic) bond motifs is 1. The van der Waals surface area contributed by atoms with Crippen LogP contribution in [0.4, 0.5) is 0 Å². The van der Waals surface area contributed by atoms with E-state index in [2.05, 4.69) is 74.2 Å². The Labute approximate surface area is 249 Å². The number of ether oxygens (including phenoxy) is 1. The molecule has 0 bridgehead atoms. The van der Waals surface area contributed by atoms with Crippen molar-refractivity contribution in [2.75, 3.05) is 20.3 Å². The highest BCUT2D eigenvalue weighted by molar-refractivity contribution is 5.87. The summed E-state index contributed by atoms with van der Waals surface area (Å²) in [5.74, 6) is 2.17. The summed E-state index contributed by atoms with van der Waals surface area (Å²) in [4.78, 5) is 9.41. The van der Waals surface area contributed by atoms with E-state index in [1.807, 2.05) is 0 Å². The number of methoxy groups -OCH3 is 1.